The number of halogens is 1. The van der Waals surface area contributed by atoms with Gasteiger partial charge in [0.25, 0.3) is 5.88 Å². The fraction of sp³-hybridized carbons (Fsp3) is 0.364. The quantitative estimate of drug-likeness (QED) is 0.547. The maximum atomic E-state index is 14.2. The Morgan fingerprint density at radius 2 is 2.06 bits per heavy atom. The van der Waals surface area contributed by atoms with Gasteiger partial charge in [-0.25, -0.2) is 14.4 Å². The molecule has 3 aromatic rings. The summed E-state index contributed by atoms with van der Waals surface area (Å²) in [6.07, 6.45) is 0.789. The number of likely N-dealkylation sites (tertiary alicyclic amines) is 1. The van der Waals surface area contributed by atoms with Crippen LogP contribution in [0.25, 0.3) is 11.3 Å². The molecule has 33 heavy (non-hydrogen) atoms. The summed E-state index contributed by atoms with van der Waals surface area (Å²) in [4.78, 5) is 10.8. The van der Waals surface area contributed by atoms with Gasteiger partial charge in [-0.15, -0.1) is 5.10 Å². The predicted molar refractivity (Wildman–Crippen MR) is 115 cm³/mol. The van der Waals surface area contributed by atoms with Crippen LogP contribution in [0.3, 0.4) is 0 Å². The van der Waals surface area contributed by atoms with Crippen molar-refractivity contribution in [1.29, 1.82) is 5.26 Å². The van der Waals surface area contributed by atoms with Crippen LogP contribution < -0.4 is 19.9 Å². The van der Waals surface area contributed by atoms with Crippen LogP contribution in [0.4, 0.5) is 10.2 Å². The maximum absolute atomic E-state index is 14.2. The lowest BCUT2D eigenvalue weighted by Crippen LogP contribution is -2.66. The normalized spacial score (nSPS) is 19.2. The van der Waals surface area contributed by atoms with E-state index in [0.29, 0.717) is 35.7 Å². The molecular formula is C22H22FN7O3. The third-order valence-electron chi connectivity index (χ3n) is 5.76. The second kappa shape index (κ2) is 7.60. The van der Waals surface area contributed by atoms with Crippen molar-refractivity contribution in [1.82, 2.24) is 24.6 Å². The highest BCUT2D eigenvalue weighted by Crippen LogP contribution is 2.39. The first kappa shape index (κ1) is 21.0. The van der Waals surface area contributed by atoms with Crippen LogP contribution in [0.1, 0.15) is 24.3 Å². The predicted octanol–water partition coefficient (Wildman–Crippen LogP) is 2.07. The van der Waals surface area contributed by atoms with Gasteiger partial charge in [0.15, 0.2) is 17.1 Å². The van der Waals surface area contributed by atoms with Crippen LogP contribution in [0.2, 0.25) is 0 Å². The Kier molecular flexibility index (Phi) is 4.83. The van der Waals surface area contributed by atoms with Gasteiger partial charge in [0, 0.05) is 25.7 Å². The average Bonchev–Trinajstić information content (AvgIpc) is 3.08. The van der Waals surface area contributed by atoms with Gasteiger partial charge >= 0.3 is 0 Å². The number of nitrogens with zero attached hydrogens (tertiary/aromatic N) is 6. The third-order valence-corrected chi connectivity index (χ3v) is 5.76. The van der Waals surface area contributed by atoms with Crippen LogP contribution in [-0.2, 0) is 7.05 Å². The van der Waals surface area contributed by atoms with E-state index < -0.39 is 17.5 Å². The van der Waals surface area contributed by atoms with E-state index in [0.717, 1.165) is 0 Å². The smallest absolute Gasteiger partial charge is 0.258 e. The molecule has 2 aromatic heterocycles. The zero-order valence-electron chi connectivity index (χ0n) is 18.4. The van der Waals surface area contributed by atoms with Crippen molar-refractivity contribution in [2.24, 2.45) is 7.05 Å². The van der Waals surface area contributed by atoms with Gasteiger partial charge < -0.3 is 19.9 Å². The number of aryl methyl sites for hydroxylation is 1. The molecule has 170 valence electrons. The molecule has 2 aliphatic heterocycles. The number of fused-ring (bicyclic) bond motifs is 5. The molecule has 1 aromatic carbocycles. The second-order valence-corrected chi connectivity index (χ2v) is 8.40. The van der Waals surface area contributed by atoms with Crippen molar-refractivity contribution in [3.8, 4) is 34.8 Å². The standard InChI is InChI=1S/C22H22FN7O3/c1-12-14-6-13(23)4-5-17(14)33-22(9-29(2)10-22)11-31-20-18(16(7-24)30(3)28-20)15-8-26-19(25)21(27-15)32-12/h4-6,8,12H,9-11H2,1-3H3,(H2,25,26). The van der Waals surface area contributed by atoms with Crippen LogP contribution in [0.5, 0.6) is 17.5 Å². The summed E-state index contributed by atoms with van der Waals surface area (Å²) in [7, 11) is 3.62. The minimum Gasteiger partial charge on any atom is -0.481 e. The minimum absolute atomic E-state index is 0.0474. The molecule has 10 nitrogen and oxygen atoms in total. The van der Waals surface area contributed by atoms with Crippen LogP contribution in [0.15, 0.2) is 24.4 Å². The van der Waals surface area contributed by atoms with Gasteiger partial charge in [0.2, 0.25) is 5.88 Å². The summed E-state index contributed by atoms with van der Waals surface area (Å²) in [5.74, 6) is 0.383. The van der Waals surface area contributed by atoms with E-state index in [1.165, 1.54) is 23.0 Å². The van der Waals surface area contributed by atoms with E-state index in [2.05, 4.69) is 26.0 Å². The fourth-order valence-electron chi connectivity index (χ4n) is 4.26. The first-order valence-electron chi connectivity index (χ1n) is 10.3. The number of nitrogen functional groups attached to an aromatic ring is 1. The summed E-state index contributed by atoms with van der Waals surface area (Å²) >= 11 is 0. The molecule has 0 saturated carbocycles. The highest BCUT2D eigenvalue weighted by atomic mass is 19.1. The molecule has 0 amide bonds. The summed E-state index contributed by atoms with van der Waals surface area (Å²) in [5, 5.41) is 14.1. The first-order chi connectivity index (χ1) is 15.8. The number of likely N-dealkylation sites (N-methyl/N-ethyl adjacent to an activating group) is 1. The Hall–Kier alpha value is -3.91. The summed E-state index contributed by atoms with van der Waals surface area (Å²) in [6, 6.07) is 6.42. The Morgan fingerprint density at radius 1 is 1.27 bits per heavy atom. The molecule has 11 heteroatoms. The number of nitrogens with two attached hydrogens (primary N) is 1. The largest absolute Gasteiger partial charge is 0.481 e. The van der Waals surface area contributed by atoms with Crippen molar-refractivity contribution in [3.05, 3.63) is 41.5 Å². The molecule has 2 aliphatic rings. The Balaban J connectivity index is 1.68. The SMILES string of the molecule is CC1Oc2nc(cnc2N)-c2c(nn(C)c2C#N)OCC2(CN(C)C2)Oc2ccc(F)cc21. The number of benzene rings is 1. The molecule has 2 N–H and O–H groups in total. The lowest BCUT2D eigenvalue weighted by molar-refractivity contribution is -0.0917. The van der Waals surface area contributed by atoms with E-state index in [-0.39, 0.29) is 29.9 Å². The highest BCUT2D eigenvalue weighted by Gasteiger charge is 2.46. The number of ether oxygens (including phenoxy) is 3. The highest BCUT2D eigenvalue weighted by molar-refractivity contribution is 5.71. The van der Waals surface area contributed by atoms with Crippen molar-refractivity contribution in [2.75, 3.05) is 32.5 Å². The molecule has 1 spiro atoms. The van der Waals surface area contributed by atoms with Gasteiger partial charge in [-0.05, 0) is 32.2 Å². The molecule has 0 radical (unpaired) electrons. The Bertz CT molecular complexity index is 1280. The minimum atomic E-state index is -0.694. The second-order valence-electron chi connectivity index (χ2n) is 8.40. The summed E-state index contributed by atoms with van der Waals surface area (Å²) in [6.45, 7) is 3.09. The first-order valence-corrected chi connectivity index (χ1v) is 10.3. The Morgan fingerprint density at radius 3 is 2.79 bits per heavy atom. The van der Waals surface area contributed by atoms with E-state index in [1.807, 2.05) is 7.05 Å². The van der Waals surface area contributed by atoms with Gasteiger partial charge in [-0.1, -0.05) is 0 Å². The average molecular weight is 451 g/mol. The maximum Gasteiger partial charge on any atom is 0.258 e. The number of aromatic nitrogens is 4. The van der Waals surface area contributed by atoms with Gasteiger partial charge in [0.1, 0.15) is 41.6 Å². The fourth-order valence-corrected chi connectivity index (χ4v) is 4.26. The van der Waals surface area contributed by atoms with Crippen LogP contribution >= 0.6 is 0 Å². The van der Waals surface area contributed by atoms with E-state index in [4.69, 9.17) is 19.9 Å². The van der Waals surface area contributed by atoms with Crippen molar-refractivity contribution in [2.45, 2.75) is 18.6 Å². The molecule has 5 rings (SSSR count). The van der Waals surface area contributed by atoms with E-state index in [9.17, 15) is 9.65 Å². The lowest BCUT2D eigenvalue weighted by atomic mass is 9.95. The molecule has 0 aliphatic carbocycles. The Labute approximate surface area is 189 Å². The molecule has 1 atom stereocenters. The molecule has 2 bridgehead atoms. The molecule has 1 saturated heterocycles. The molecule has 1 unspecified atom stereocenters. The van der Waals surface area contributed by atoms with Gasteiger partial charge in [-0.2, -0.15) is 5.26 Å². The number of rotatable bonds is 0. The molecular weight excluding hydrogens is 429 g/mol. The zero-order valence-corrected chi connectivity index (χ0v) is 18.4. The summed E-state index contributed by atoms with van der Waals surface area (Å²) < 4.78 is 34.1. The number of hydrogen-bond acceptors (Lipinski definition) is 9. The van der Waals surface area contributed by atoms with Crippen LogP contribution in [-0.4, -0.2) is 57.0 Å². The topological polar surface area (TPSA) is 124 Å². The van der Waals surface area contributed by atoms with Gasteiger partial charge in [-0.3, -0.25) is 9.58 Å². The summed E-state index contributed by atoms with van der Waals surface area (Å²) in [5.41, 5.74) is 6.79. The van der Waals surface area contributed by atoms with Crippen LogP contribution in [0, 0.1) is 17.1 Å². The number of hydrogen-bond donors (Lipinski definition) is 1. The van der Waals surface area contributed by atoms with Gasteiger partial charge in [0.05, 0.1) is 6.20 Å². The third kappa shape index (κ3) is 3.58. The molecule has 4 heterocycles. The zero-order chi connectivity index (χ0) is 23.3. The van der Waals surface area contributed by atoms with E-state index in [1.54, 1.807) is 20.0 Å². The van der Waals surface area contributed by atoms with Crippen molar-refractivity contribution in [3.63, 3.8) is 0 Å². The van der Waals surface area contributed by atoms with E-state index >= 15 is 0 Å². The number of nitriles is 1. The van der Waals surface area contributed by atoms with Crippen molar-refractivity contribution >= 4 is 5.82 Å². The lowest BCUT2D eigenvalue weighted by Gasteiger charge is -2.47. The molecule has 1 fully saturated rings. The number of anilines is 1. The monoisotopic (exact) mass is 451 g/mol. The van der Waals surface area contributed by atoms with Crippen molar-refractivity contribution < 1.29 is 18.6 Å².